The van der Waals surface area contributed by atoms with E-state index in [4.69, 9.17) is 0 Å². The van der Waals surface area contributed by atoms with Crippen LogP contribution in [0.5, 0.6) is 0 Å². The third-order valence-corrected chi connectivity index (χ3v) is 2.29. The number of hydrogen-bond acceptors (Lipinski definition) is 0. The molecule has 0 atom stereocenters. The molecule has 0 heteroatoms. The fourth-order valence-corrected chi connectivity index (χ4v) is 1.12. The molecular weight excluding hydrogens is 144 g/mol. The molecule has 0 bridgehead atoms. The van der Waals surface area contributed by atoms with E-state index >= 15 is 0 Å². The van der Waals surface area contributed by atoms with E-state index in [9.17, 15) is 0 Å². The molecule has 0 N–H and O–H groups in total. The highest BCUT2D eigenvalue weighted by molar-refractivity contribution is 5.14. The molecule has 12 heavy (non-hydrogen) atoms. The van der Waals surface area contributed by atoms with Crippen LogP contribution in [-0.4, -0.2) is 0 Å². The molecule has 74 valence electrons. The zero-order valence-electron chi connectivity index (χ0n) is 9.99. The van der Waals surface area contributed by atoms with Gasteiger partial charge in [-0.25, -0.2) is 0 Å². The minimum atomic E-state index is 0.514. The van der Waals surface area contributed by atoms with Crippen molar-refractivity contribution in [3.05, 3.63) is 11.6 Å². The molecule has 0 aromatic heterocycles. The average Bonchev–Trinajstić information content (AvgIpc) is 2.38. The van der Waals surface area contributed by atoms with Crippen LogP contribution in [0.2, 0.25) is 0 Å². The molecule has 0 nitrogen and oxygen atoms in total. The molecule has 0 aromatic carbocycles. The van der Waals surface area contributed by atoms with Crippen molar-refractivity contribution < 1.29 is 0 Å². The van der Waals surface area contributed by atoms with Crippen molar-refractivity contribution in [3.63, 3.8) is 0 Å². The van der Waals surface area contributed by atoms with E-state index in [1.165, 1.54) is 12.8 Å². The lowest BCUT2D eigenvalue weighted by molar-refractivity contribution is 0.443. The van der Waals surface area contributed by atoms with Gasteiger partial charge in [-0.05, 0) is 25.2 Å². The van der Waals surface area contributed by atoms with Gasteiger partial charge in [0.25, 0.3) is 0 Å². The minimum Gasteiger partial charge on any atom is -0.0850 e. The highest BCUT2D eigenvalue weighted by Gasteiger charge is 2.22. The fourth-order valence-electron chi connectivity index (χ4n) is 1.12. The average molecular weight is 170 g/mol. The van der Waals surface area contributed by atoms with Gasteiger partial charge in [0.05, 0.1) is 0 Å². The van der Waals surface area contributed by atoms with Gasteiger partial charge in [-0.15, -0.1) is 0 Å². The maximum atomic E-state index is 2.35. The van der Waals surface area contributed by atoms with Crippen LogP contribution in [0, 0.1) is 5.41 Å². The van der Waals surface area contributed by atoms with E-state index in [1.54, 1.807) is 5.57 Å². The van der Waals surface area contributed by atoms with Gasteiger partial charge in [0.15, 0.2) is 0 Å². The quantitative estimate of drug-likeness (QED) is 0.458. The van der Waals surface area contributed by atoms with Crippen molar-refractivity contribution in [3.8, 4) is 0 Å². The van der Waals surface area contributed by atoms with Crippen LogP contribution in [0.4, 0.5) is 0 Å². The lowest BCUT2D eigenvalue weighted by atomic mass is 9.87. The largest absolute Gasteiger partial charge is 0.0850 e. The summed E-state index contributed by atoms with van der Waals surface area (Å²) in [6.07, 6.45) is 4.98. The summed E-state index contributed by atoms with van der Waals surface area (Å²) in [6, 6.07) is 0. The van der Waals surface area contributed by atoms with Crippen LogP contribution in [-0.2, 0) is 0 Å². The predicted octanol–water partition coefficient (Wildman–Crippen LogP) is 4.81. The molecule has 0 unspecified atom stereocenters. The van der Waals surface area contributed by atoms with Crippen molar-refractivity contribution in [2.24, 2.45) is 5.41 Å². The molecular formula is C12H26. The summed E-state index contributed by atoms with van der Waals surface area (Å²) in [5, 5.41) is 0. The first-order valence-corrected chi connectivity index (χ1v) is 5.30. The summed E-state index contributed by atoms with van der Waals surface area (Å²) >= 11 is 0. The van der Waals surface area contributed by atoms with Gasteiger partial charge in [-0.1, -0.05) is 53.2 Å². The maximum Gasteiger partial charge on any atom is -0.0145 e. The molecule has 1 aliphatic carbocycles. The SMILES string of the molecule is CC.CC.CC1=CCCC1(C)C. The number of rotatable bonds is 0. The van der Waals surface area contributed by atoms with Gasteiger partial charge in [0.2, 0.25) is 0 Å². The van der Waals surface area contributed by atoms with Gasteiger partial charge in [0, 0.05) is 0 Å². The summed E-state index contributed by atoms with van der Waals surface area (Å²) in [5.41, 5.74) is 2.08. The Bertz CT molecular complexity index is 118. The molecule has 1 aliphatic rings. The van der Waals surface area contributed by atoms with E-state index in [2.05, 4.69) is 26.8 Å². The number of allylic oxidation sites excluding steroid dienone is 2. The second-order valence-corrected chi connectivity index (χ2v) is 3.31. The lowest BCUT2D eigenvalue weighted by Crippen LogP contribution is -2.06. The highest BCUT2D eigenvalue weighted by atomic mass is 14.3. The Hall–Kier alpha value is -0.260. The van der Waals surface area contributed by atoms with Crippen LogP contribution in [0.1, 0.15) is 61.3 Å². The number of hydrogen-bond donors (Lipinski definition) is 0. The first kappa shape index (κ1) is 14.3. The van der Waals surface area contributed by atoms with E-state index in [-0.39, 0.29) is 0 Å². The molecule has 0 heterocycles. The van der Waals surface area contributed by atoms with Gasteiger partial charge in [-0.3, -0.25) is 0 Å². The fraction of sp³-hybridized carbons (Fsp3) is 0.833. The normalized spacial score (nSPS) is 18.1. The summed E-state index contributed by atoms with van der Waals surface area (Å²) in [4.78, 5) is 0. The second-order valence-electron chi connectivity index (χ2n) is 3.31. The maximum absolute atomic E-state index is 2.35. The summed E-state index contributed by atoms with van der Waals surface area (Å²) < 4.78 is 0. The van der Waals surface area contributed by atoms with Crippen molar-refractivity contribution in [1.82, 2.24) is 0 Å². The Kier molecular flexibility index (Phi) is 8.79. The van der Waals surface area contributed by atoms with Gasteiger partial charge in [0.1, 0.15) is 0 Å². The molecule has 0 amide bonds. The monoisotopic (exact) mass is 170 g/mol. The van der Waals surface area contributed by atoms with Crippen LogP contribution in [0.3, 0.4) is 0 Å². The van der Waals surface area contributed by atoms with Gasteiger partial charge in [-0.2, -0.15) is 0 Å². The van der Waals surface area contributed by atoms with Crippen molar-refractivity contribution in [1.29, 1.82) is 0 Å². The third-order valence-electron chi connectivity index (χ3n) is 2.29. The summed E-state index contributed by atoms with van der Waals surface area (Å²) in [5.74, 6) is 0. The van der Waals surface area contributed by atoms with Gasteiger partial charge >= 0.3 is 0 Å². The lowest BCUT2D eigenvalue weighted by Gasteiger charge is -2.18. The van der Waals surface area contributed by atoms with Crippen LogP contribution < -0.4 is 0 Å². The first-order valence-electron chi connectivity index (χ1n) is 5.30. The standard InChI is InChI=1S/C8H14.2C2H6/c1-7-5-4-6-8(7,2)3;2*1-2/h5H,4,6H2,1-3H3;2*1-2H3. The van der Waals surface area contributed by atoms with E-state index in [0.717, 1.165) is 0 Å². The van der Waals surface area contributed by atoms with Gasteiger partial charge < -0.3 is 0 Å². The molecule has 0 aliphatic heterocycles. The molecule has 0 saturated carbocycles. The highest BCUT2D eigenvalue weighted by Crippen LogP contribution is 2.36. The van der Waals surface area contributed by atoms with Crippen LogP contribution in [0.25, 0.3) is 0 Å². The minimum absolute atomic E-state index is 0.514. The Balaban J connectivity index is 0. The zero-order chi connectivity index (χ0) is 10.2. The molecule has 1 rings (SSSR count). The van der Waals surface area contributed by atoms with E-state index < -0.39 is 0 Å². The molecule has 0 fully saturated rings. The smallest absolute Gasteiger partial charge is 0.0145 e. The molecule has 0 spiro atoms. The van der Waals surface area contributed by atoms with Crippen molar-refractivity contribution in [2.45, 2.75) is 61.3 Å². The molecule has 0 aromatic rings. The Morgan fingerprint density at radius 2 is 1.50 bits per heavy atom. The molecule has 0 radical (unpaired) electrons. The van der Waals surface area contributed by atoms with Crippen LogP contribution in [0.15, 0.2) is 11.6 Å². The second kappa shape index (κ2) is 7.39. The summed E-state index contributed by atoms with van der Waals surface area (Å²) in [6.45, 7) is 14.9. The zero-order valence-corrected chi connectivity index (χ0v) is 9.99. The van der Waals surface area contributed by atoms with Crippen LogP contribution >= 0.6 is 0 Å². The third kappa shape index (κ3) is 4.58. The van der Waals surface area contributed by atoms with E-state index in [0.29, 0.717) is 5.41 Å². The van der Waals surface area contributed by atoms with Crippen molar-refractivity contribution in [2.75, 3.05) is 0 Å². The van der Waals surface area contributed by atoms with E-state index in [1.807, 2.05) is 27.7 Å². The Labute approximate surface area is 79.1 Å². The first-order chi connectivity index (χ1) is 5.63. The predicted molar refractivity (Wildman–Crippen MR) is 59.5 cm³/mol. The Morgan fingerprint density at radius 3 is 1.58 bits per heavy atom. The topological polar surface area (TPSA) is 0 Å². The Morgan fingerprint density at radius 1 is 1.08 bits per heavy atom. The molecule has 0 saturated heterocycles. The van der Waals surface area contributed by atoms with Crippen molar-refractivity contribution >= 4 is 0 Å². The summed E-state index contributed by atoms with van der Waals surface area (Å²) in [7, 11) is 0.